The lowest BCUT2D eigenvalue weighted by molar-refractivity contribution is 0.976. The van der Waals surface area contributed by atoms with Crippen molar-refractivity contribution in [2.45, 2.75) is 0 Å². The van der Waals surface area contributed by atoms with Gasteiger partial charge in [0.25, 0.3) is 0 Å². The molecule has 0 rings (SSSR count). The van der Waals surface area contributed by atoms with Gasteiger partial charge in [0, 0.05) is 39.3 Å². The Kier molecular flexibility index (Phi) is 351. The molecule has 0 aromatic rings. The normalized spacial score (nSPS) is 5.71. The molecule has 1 radical (unpaired) electrons. The average molecular weight is 309 g/mol. The summed E-state index contributed by atoms with van der Waals surface area (Å²) in [7, 11) is 0. The SMILES string of the molecule is C=C.C=C.C=C.NCCN.NCCN.NCCN.[CH2]CN. The zero-order valence-corrected chi connectivity index (χ0v) is 13.9. The fraction of sp³-hybridized carbons (Fsp3) is 0.500. The minimum Gasteiger partial charge on any atom is -0.330 e. The van der Waals surface area contributed by atoms with E-state index in [4.69, 9.17) is 40.1 Å². The maximum atomic E-state index is 4.90. The molecule has 0 aromatic heterocycles. The third kappa shape index (κ3) is 1440. The summed E-state index contributed by atoms with van der Waals surface area (Å²) in [5.41, 5.74) is 34.2. The predicted molar refractivity (Wildman–Crippen MR) is 102 cm³/mol. The molecule has 7 nitrogen and oxygen atoms in total. The number of rotatable bonds is 3. The summed E-state index contributed by atoms with van der Waals surface area (Å²) in [5, 5.41) is 0. The second-order valence-corrected chi connectivity index (χ2v) is 2.02. The Hall–Kier alpha value is -1.06. The van der Waals surface area contributed by atoms with Crippen LogP contribution < -0.4 is 40.1 Å². The van der Waals surface area contributed by atoms with E-state index < -0.39 is 0 Å². The first-order chi connectivity index (χ1) is 10.2. The van der Waals surface area contributed by atoms with Crippen LogP contribution in [-0.2, 0) is 0 Å². The summed E-state index contributed by atoms with van der Waals surface area (Å²) in [6.07, 6.45) is 0. The van der Waals surface area contributed by atoms with Crippen molar-refractivity contribution < 1.29 is 0 Å². The van der Waals surface area contributed by atoms with Gasteiger partial charge < -0.3 is 40.1 Å². The van der Waals surface area contributed by atoms with E-state index >= 15 is 0 Å². The van der Waals surface area contributed by atoms with Crippen LogP contribution >= 0.6 is 0 Å². The molecule has 0 aliphatic heterocycles. The Bertz CT molecular complexity index is 65.5. The number of hydrogen-bond donors (Lipinski definition) is 7. The van der Waals surface area contributed by atoms with Crippen LogP contribution in [0.4, 0.5) is 0 Å². The summed E-state index contributed by atoms with van der Waals surface area (Å²) in [4.78, 5) is 0. The van der Waals surface area contributed by atoms with E-state index in [1.165, 1.54) is 0 Å². The molecule has 0 aliphatic rings. The Morgan fingerprint density at radius 3 is 0.429 bits per heavy atom. The molecule has 0 fully saturated rings. The fourth-order valence-corrected chi connectivity index (χ4v) is 0. The van der Waals surface area contributed by atoms with E-state index in [1.54, 1.807) is 0 Å². The van der Waals surface area contributed by atoms with Crippen molar-refractivity contribution in [3.63, 3.8) is 0 Å². The van der Waals surface area contributed by atoms with Gasteiger partial charge in [-0.05, 0) is 13.5 Å². The highest BCUT2D eigenvalue weighted by Crippen LogP contribution is 1.25. The summed E-state index contributed by atoms with van der Waals surface area (Å²) in [6.45, 7) is 25.3. The van der Waals surface area contributed by atoms with Crippen LogP contribution in [0.25, 0.3) is 0 Å². The minimum atomic E-state index is 0.500. The van der Waals surface area contributed by atoms with Gasteiger partial charge in [-0.3, -0.25) is 0 Å². The predicted octanol–water partition coefficient (Wildman–Crippen LogP) is -1.10. The van der Waals surface area contributed by atoms with E-state index in [0.29, 0.717) is 45.8 Å². The lowest BCUT2D eigenvalue weighted by Crippen LogP contribution is -2.11. The largest absolute Gasteiger partial charge is 0.330 e. The van der Waals surface area contributed by atoms with E-state index in [9.17, 15) is 0 Å². The molecule has 0 heterocycles. The van der Waals surface area contributed by atoms with Crippen LogP contribution in [0.3, 0.4) is 0 Å². The molecule has 21 heavy (non-hydrogen) atoms. The van der Waals surface area contributed by atoms with Crippen molar-refractivity contribution in [3.05, 3.63) is 46.4 Å². The molecule has 0 aliphatic carbocycles. The van der Waals surface area contributed by atoms with E-state index in [-0.39, 0.29) is 0 Å². The third-order valence-electron chi connectivity index (χ3n) is 0.500. The number of hydrogen-bond acceptors (Lipinski definition) is 7. The van der Waals surface area contributed by atoms with Crippen LogP contribution in [0.5, 0.6) is 0 Å². The summed E-state index contributed by atoms with van der Waals surface area (Å²) >= 11 is 0. The van der Waals surface area contributed by atoms with Crippen molar-refractivity contribution in [1.82, 2.24) is 0 Å². The van der Waals surface area contributed by atoms with Crippen LogP contribution in [0.2, 0.25) is 0 Å². The number of nitrogens with two attached hydrogens (primary N) is 7. The second kappa shape index (κ2) is 173. The molecule has 0 amide bonds. The first-order valence-corrected chi connectivity index (χ1v) is 6.36. The fourth-order valence-electron chi connectivity index (χ4n) is 0. The minimum absolute atomic E-state index is 0.500. The van der Waals surface area contributed by atoms with Crippen molar-refractivity contribution in [2.24, 2.45) is 40.1 Å². The topological polar surface area (TPSA) is 182 Å². The molecule has 0 saturated carbocycles. The molecule has 0 bridgehead atoms. The molecule has 14 N–H and O–H groups in total. The molecule has 0 spiro atoms. The summed E-state index contributed by atoms with van der Waals surface area (Å²) in [5.74, 6) is 0. The van der Waals surface area contributed by atoms with Gasteiger partial charge in [-0.25, -0.2) is 0 Å². The Morgan fingerprint density at radius 2 is 0.429 bits per heavy atom. The van der Waals surface area contributed by atoms with E-state index in [2.05, 4.69) is 46.4 Å². The highest BCUT2D eigenvalue weighted by atomic mass is 14.6. The molecule has 0 unspecified atom stereocenters. The van der Waals surface area contributed by atoms with Gasteiger partial charge in [0.15, 0.2) is 0 Å². The van der Waals surface area contributed by atoms with Crippen LogP contribution in [0, 0.1) is 6.92 Å². The summed E-state index contributed by atoms with van der Waals surface area (Å²) in [6, 6.07) is 0. The standard InChI is InChI=1S/3C2H8N2.C2H6N.3C2H4/c3*3-1-2-4;1-2-3;3*1-2/h3*1-4H2;1-3H2;3*1-2H2. The molecule has 0 atom stereocenters. The molecule has 7 heteroatoms. The maximum absolute atomic E-state index is 4.90. The van der Waals surface area contributed by atoms with E-state index in [1.807, 2.05) is 0 Å². The van der Waals surface area contributed by atoms with Gasteiger partial charge in [-0.2, -0.15) is 0 Å². The first kappa shape index (κ1) is 42.7. The monoisotopic (exact) mass is 308 g/mol. The van der Waals surface area contributed by atoms with Crippen LogP contribution in [-0.4, -0.2) is 45.8 Å². The average Bonchev–Trinajstić information content (AvgIpc) is 2.61. The molecular weight excluding hydrogens is 266 g/mol. The van der Waals surface area contributed by atoms with Crippen molar-refractivity contribution in [1.29, 1.82) is 0 Å². The molecule has 133 valence electrons. The quantitative estimate of drug-likeness (QED) is 0.323. The smallest absolute Gasteiger partial charge is 0.00461 e. The summed E-state index contributed by atoms with van der Waals surface area (Å²) < 4.78 is 0. The van der Waals surface area contributed by atoms with Crippen LogP contribution in [0.1, 0.15) is 0 Å². The Morgan fingerprint density at radius 1 is 0.381 bits per heavy atom. The van der Waals surface area contributed by atoms with Gasteiger partial charge in [0.2, 0.25) is 0 Å². The van der Waals surface area contributed by atoms with Gasteiger partial charge in [-0.1, -0.05) is 0 Å². The highest BCUT2D eigenvalue weighted by Gasteiger charge is 1.55. The Labute approximate surface area is 133 Å². The highest BCUT2D eigenvalue weighted by molar-refractivity contribution is 4.27. The van der Waals surface area contributed by atoms with Crippen molar-refractivity contribution in [3.8, 4) is 0 Å². The molecule has 0 saturated heterocycles. The van der Waals surface area contributed by atoms with Gasteiger partial charge in [0.1, 0.15) is 0 Å². The lowest BCUT2D eigenvalue weighted by atomic mass is 10.7. The second-order valence-electron chi connectivity index (χ2n) is 2.02. The van der Waals surface area contributed by atoms with Crippen LogP contribution in [0.15, 0.2) is 39.5 Å². The van der Waals surface area contributed by atoms with Gasteiger partial charge >= 0.3 is 0 Å². The van der Waals surface area contributed by atoms with E-state index in [0.717, 1.165) is 0 Å². The third-order valence-corrected chi connectivity index (χ3v) is 0.500. The first-order valence-electron chi connectivity index (χ1n) is 6.36. The van der Waals surface area contributed by atoms with Gasteiger partial charge in [-0.15, -0.1) is 39.5 Å². The maximum Gasteiger partial charge on any atom is 0.00461 e. The Balaban J connectivity index is -0.0000000224. The molecular formula is C14H42N7. The van der Waals surface area contributed by atoms with Crippen molar-refractivity contribution >= 4 is 0 Å². The van der Waals surface area contributed by atoms with Gasteiger partial charge in [0.05, 0.1) is 0 Å². The van der Waals surface area contributed by atoms with Crippen molar-refractivity contribution in [2.75, 3.05) is 45.8 Å². The zero-order chi connectivity index (χ0) is 18.9. The lowest BCUT2D eigenvalue weighted by Gasteiger charge is -1.72. The molecule has 0 aromatic carbocycles. The zero-order valence-electron chi connectivity index (χ0n) is 13.9.